The molecule has 0 atom stereocenters. The van der Waals surface area contributed by atoms with E-state index in [1.807, 2.05) is 0 Å². The number of phenols is 1. The van der Waals surface area contributed by atoms with E-state index in [1.54, 1.807) is 30.3 Å². The fourth-order valence-electron chi connectivity index (χ4n) is 1.44. The van der Waals surface area contributed by atoms with Crippen LogP contribution in [0.3, 0.4) is 0 Å². The minimum absolute atomic E-state index is 0.141. The number of rotatable bonds is 3. The van der Waals surface area contributed by atoms with Crippen LogP contribution >= 0.6 is 0 Å². The third-order valence-corrected chi connectivity index (χ3v) is 2.26. The zero-order valence-electron chi connectivity index (χ0n) is 9.06. The highest BCUT2D eigenvalue weighted by atomic mass is 19.1. The first-order valence-electron chi connectivity index (χ1n) is 5.11. The molecule has 3 nitrogen and oxygen atoms in total. The van der Waals surface area contributed by atoms with Crippen molar-refractivity contribution in [1.82, 2.24) is 0 Å². The molecule has 0 unspecified atom stereocenters. The van der Waals surface area contributed by atoms with Crippen LogP contribution in [0.5, 0.6) is 11.5 Å². The fourth-order valence-corrected chi connectivity index (χ4v) is 1.44. The maximum atomic E-state index is 13.4. The number of phenolic OH excluding ortho intramolecular Hbond substituents is 1. The number of halogens is 1. The number of hydrogen-bond donors (Lipinski definition) is 2. The van der Waals surface area contributed by atoms with Crippen LogP contribution in [0.25, 0.3) is 0 Å². The Bertz CT molecular complexity index is 529. The number of aromatic hydroxyl groups is 1. The zero-order chi connectivity index (χ0) is 12.3. The van der Waals surface area contributed by atoms with Gasteiger partial charge in [-0.25, -0.2) is 4.39 Å². The van der Waals surface area contributed by atoms with Crippen LogP contribution in [-0.2, 0) is 6.61 Å². The van der Waals surface area contributed by atoms with Crippen molar-refractivity contribution in [2.75, 3.05) is 5.73 Å². The Morgan fingerprint density at radius 2 is 2.00 bits per heavy atom. The van der Waals surface area contributed by atoms with E-state index in [0.29, 0.717) is 5.69 Å². The molecule has 2 rings (SSSR count). The molecule has 0 saturated carbocycles. The van der Waals surface area contributed by atoms with Gasteiger partial charge >= 0.3 is 0 Å². The van der Waals surface area contributed by atoms with Crippen LogP contribution in [0.2, 0.25) is 0 Å². The van der Waals surface area contributed by atoms with Crippen molar-refractivity contribution in [1.29, 1.82) is 0 Å². The van der Waals surface area contributed by atoms with Gasteiger partial charge in [-0.15, -0.1) is 0 Å². The molecule has 0 fully saturated rings. The van der Waals surface area contributed by atoms with Gasteiger partial charge in [-0.2, -0.15) is 0 Å². The first kappa shape index (κ1) is 11.3. The summed E-state index contributed by atoms with van der Waals surface area (Å²) in [6, 6.07) is 10.9. The monoisotopic (exact) mass is 233 g/mol. The molecule has 0 aromatic heterocycles. The summed E-state index contributed by atoms with van der Waals surface area (Å²) >= 11 is 0. The molecule has 3 N–H and O–H groups in total. The van der Waals surface area contributed by atoms with Crippen molar-refractivity contribution in [3.8, 4) is 11.5 Å². The molecule has 0 aliphatic carbocycles. The summed E-state index contributed by atoms with van der Waals surface area (Å²) < 4.78 is 18.7. The van der Waals surface area contributed by atoms with Gasteiger partial charge < -0.3 is 15.6 Å². The third kappa shape index (κ3) is 2.87. The van der Waals surface area contributed by atoms with Gasteiger partial charge in [-0.1, -0.05) is 12.1 Å². The molecule has 88 valence electrons. The van der Waals surface area contributed by atoms with Crippen molar-refractivity contribution in [3.63, 3.8) is 0 Å². The topological polar surface area (TPSA) is 55.5 Å². The number of nitrogen functional groups attached to an aromatic ring is 1. The smallest absolute Gasteiger partial charge is 0.167 e. The first-order chi connectivity index (χ1) is 8.15. The normalized spacial score (nSPS) is 10.2. The van der Waals surface area contributed by atoms with Gasteiger partial charge in [0.15, 0.2) is 11.6 Å². The predicted molar refractivity (Wildman–Crippen MR) is 63.3 cm³/mol. The summed E-state index contributed by atoms with van der Waals surface area (Å²) in [5.41, 5.74) is 6.54. The lowest BCUT2D eigenvalue weighted by molar-refractivity contribution is 0.290. The Morgan fingerprint density at radius 3 is 2.71 bits per heavy atom. The number of ether oxygens (including phenoxy) is 1. The van der Waals surface area contributed by atoms with Gasteiger partial charge in [0, 0.05) is 11.8 Å². The van der Waals surface area contributed by atoms with Gasteiger partial charge in [0.1, 0.15) is 12.4 Å². The van der Waals surface area contributed by atoms with E-state index in [2.05, 4.69) is 0 Å². The summed E-state index contributed by atoms with van der Waals surface area (Å²) in [7, 11) is 0. The highest BCUT2D eigenvalue weighted by Crippen LogP contribution is 2.21. The van der Waals surface area contributed by atoms with Crippen molar-refractivity contribution in [3.05, 3.63) is 53.8 Å². The molecule has 2 aromatic carbocycles. The van der Waals surface area contributed by atoms with Crippen LogP contribution in [0, 0.1) is 5.82 Å². The summed E-state index contributed by atoms with van der Waals surface area (Å²) in [4.78, 5) is 0. The summed E-state index contributed by atoms with van der Waals surface area (Å²) in [5.74, 6) is -0.198. The van der Waals surface area contributed by atoms with E-state index in [-0.39, 0.29) is 18.1 Å². The molecule has 0 aliphatic heterocycles. The van der Waals surface area contributed by atoms with E-state index in [0.717, 1.165) is 5.56 Å². The highest BCUT2D eigenvalue weighted by Gasteiger charge is 2.04. The Kier molecular flexibility index (Phi) is 3.14. The molecule has 0 heterocycles. The molecule has 0 saturated heterocycles. The van der Waals surface area contributed by atoms with Crippen LogP contribution in [0.4, 0.5) is 10.1 Å². The lowest BCUT2D eigenvalue weighted by Crippen LogP contribution is -1.98. The summed E-state index contributed by atoms with van der Waals surface area (Å²) in [6.45, 7) is 0.190. The number of nitrogens with two attached hydrogens (primary N) is 1. The summed E-state index contributed by atoms with van der Waals surface area (Å²) in [6.07, 6.45) is 0. The Balaban J connectivity index is 2.07. The minimum Gasteiger partial charge on any atom is -0.508 e. The fraction of sp³-hybridized carbons (Fsp3) is 0.0769. The number of benzene rings is 2. The molecule has 0 bridgehead atoms. The van der Waals surface area contributed by atoms with Crippen molar-refractivity contribution in [2.24, 2.45) is 0 Å². The molecular weight excluding hydrogens is 221 g/mol. The van der Waals surface area contributed by atoms with Crippen molar-refractivity contribution in [2.45, 2.75) is 6.61 Å². The first-order valence-corrected chi connectivity index (χ1v) is 5.11. The largest absolute Gasteiger partial charge is 0.508 e. The van der Waals surface area contributed by atoms with Gasteiger partial charge in [0.05, 0.1) is 0 Å². The second-order valence-corrected chi connectivity index (χ2v) is 3.65. The lowest BCUT2D eigenvalue weighted by Gasteiger charge is -2.07. The van der Waals surface area contributed by atoms with Crippen LogP contribution in [-0.4, -0.2) is 5.11 Å². The van der Waals surface area contributed by atoms with Crippen molar-refractivity contribution < 1.29 is 14.2 Å². The molecular formula is C13H12FNO2. The quantitative estimate of drug-likeness (QED) is 0.801. The van der Waals surface area contributed by atoms with Gasteiger partial charge in [0.2, 0.25) is 0 Å². The maximum Gasteiger partial charge on any atom is 0.167 e. The van der Waals surface area contributed by atoms with E-state index < -0.39 is 5.82 Å². The van der Waals surface area contributed by atoms with E-state index in [4.69, 9.17) is 10.5 Å². The van der Waals surface area contributed by atoms with Crippen LogP contribution in [0.15, 0.2) is 42.5 Å². The Hall–Kier alpha value is -2.23. The van der Waals surface area contributed by atoms with Gasteiger partial charge in [-0.3, -0.25) is 0 Å². The maximum absolute atomic E-state index is 13.4. The molecule has 0 spiro atoms. The van der Waals surface area contributed by atoms with Gasteiger partial charge in [0.25, 0.3) is 0 Å². The lowest BCUT2D eigenvalue weighted by atomic mass is 10.2. The average Bonchev–Trinajstić information content (AvgIpc) is 2.28. The molecule has 2 aromatic rings. The van der Waals surface area contributed by atoms with Crippen LogP contribution < -0.4 is 10.5 Å². The van der Waals surface area contributed by atoms with E-state index in [1.165, 1.54) is 12.1 Å². The molecule has 0 radical (unpaired) electrons. The second kappa shape index (κ2) is 4.74. The SMILES string of the molecule is Nc1ccc(OCc2cccc(O)c2)c(F)c1. The Morgan fingerprint density at radius 1 is 1.18 bits per heavy atom. The minimum atomic E-state index is -0.495. The average molecular weight is 233 g/mol. The zero-order valence-corrected chi connectivity index (χ0v) is 9.06. The highest BCUT2D eigenvalue weighted by molar-refractivity contribution is 5.42. The Labute approximate surface area is 98.3 Å². The molecule has 0 aliphatic rings. The van der Waals surface area contributed by atoms with Crippen molar-refractivity contribution >= 4 is 5.69 Å². The number of anilines is 1. The molecule has 17 heavy (non-hydrogen) atoms. The molecule has 0 amide bonds. The predicted octanol–water partition coefficient (Wildman–Crippen LogP) is 2.69. The molecule has 4 heteroatoms. The van der Waals surface area contributed by atoms with Crippen LogP contribution in [0.1, 0.15) is 5.56 Å². The standard InChI is InChI=1S/C13H12FNO2/c14-12-7-10(15)4-5-13(12)17-8-9-2-1-3-11(16)6-9/h1-7,16H,8,15H2. The van der Waals surface area contributed by atoms with E-state index >= 15 is 0 Å². The van der Waals surface area contributed by atoms with Gasteiger partial charge in [-0.05, 0) is 29.8 Å². The van der Waals surface area contributed by atoms with E-state index in [9.17, 15) is 9.50 Å². The number of hydrogen-bond acceptors (Lipinski definition) is 3. The third-order valence-electron chi connectivity index (χ3n) is 2.26. The second-order valence-electron chi connectivity index (χ2n) is 3.65. The summed E-state index contributed by atoms with van der Waals surface area (Å²) in [5, 5.41) is 9.26.